The van der Waals surface area contributed by atoms with Crippen molar-refractivity contribution < 1.29 is 4.39 Å². The first-order valence-electron chi connectivity index (χ1n) is 3.24. The second kappa shape index (κ2) is 2.23. The topological polar surface area (TPSA) is 38.0 Å². The molecule has 1 heterocycles. The van der Waals surface area contributed by atoms with Gasteiger partial charge in [0, 0.05) is 18.6 Å². The van der Waals surface area contributed by atoms with Crippen LogP contribution in [0.2, 0.25) is 0 Å². The van der Waals surface area contributed by atoms with Crippen LogP contribution in [0.1, 0.15) is 13.3 Å². The van der Waals surface area contributed by atoms with Crippen molar-refractivity contribution in [1.29, 1.82) is 0 Å². The largest absolute Gasteiger partial charge is 0.324 e. The maximum atomic E-state index is 12.5. The first kappa shape index (κ1) is 6.96. The minimum atomic E-state index is -0.756. The third-order valence-electron chi connectivity index (χ3n) is 1.58. The fourth-order valence-electron chi connectivity index (χ4n) is 1.16. The molecule has 3 heteroatoms. The average molecular weight is 132 g/mol. The highest BCUT2D eigenvalue weighted by Gasteiger charge is 2.27. The van der Waals surface area contributed by atoms with Crippen molar-refractivity contribution in [1.82, 2.24) is 5.32 Å². The summed E-state index contributed by atoms with van der Waals surface area (Å²) in [5.41, 5.74) is 5.33. The summed E-state index contributed by atoms with van der Waals surface area (Å²) in [6, 6.07) is 0. The van der Waals surface area contributed by atoms with Gasteiger partial charge in [-0.1, -0.05) is 0 Å². The molecule has 9 heavy (non-hydrogen) atoms. The minimum absolute atomic E-state index is 0.336. The Morgan fingerprint density at radius 1 is 1.78 bits per heavy atom. The van der Waals surface area contributed by atoms with Gasteiger partial charge in [0.25, 0.3) is 0 Å². The smallest absolute Gasteiger partial charge is 0.114 e. The Hall–Kier alpha value is -0.150. The molecule has 1 rings (SSSR count). The van der Waals surface area contributed by atoms with Gasteiger partial charge in [-0.05, 0) is 13.3 Å². The van der Waals surface area contributed by atoms with Gasteiger partial charge in [-0.15, -0.1) is 0 Å². The van der Waals surface area contributed by atoms with Crippen LogP contribution in [0.5, 0.6) is 0 Å². The molecule has 0 aromatic heterocycles. The number of hydrogen-bond acceptors (Lipinski definition) is 2. The van der Waals surface area contributed by atoms with Crippen LogP contribution < -0.4 is 11.1 Å². The molecule has 2 atom stereocenters. The van der Waals surface area contributed by atoms with Gasteiger partial charge < -0.3 is 11.1 Å². The van der Waals surface area contributed by atoms with Gasteiger partial charge >= 0.3 is 0 Å². The molecule has 2 nitrogen and oxygen atoms in total. The molecule has 1 aliphatic rings. The summed E-state index contributed by atoms with van der Waals surface area (Å²) in [4.78, 5) is 0. The SMILES string of the molecule is CC1(N)CNC[C@@H](F)C1. The highest BCUT2D eigenvalue weighted by atomic mass is 19.1. The molecule has 0 spiro atoms. The molecule has 3 N–H and O–H groups in total. The Balaban J connectivity index is 2.41. The molecule has 0 bridgehead atoms. The summed E-state index contributed by atoms with van der Waals surface area (Å²) in [5.74, 6) is 0. The lowest BCUT2D eigenvalue weighted by Gasteiger charge is -2.31. The van der Waals surface area contributed by atoms with Crippen molar-refractivity contribution >= 4 is 0 Å². The predicted octanol–water partition coefficient (Wildman–Crippen LogP) is 0.0352. The highest BCUT2D eigenvalue weighted by Crippen LogP contribution is 2.13. The van der Waals surface area contributed by atoms with Gasteiger partial charge in [0.15, 0.2) is 0 Å². The molecule has 0 amide bonds. The zero-order chi connectivity index (χ0) is 6.91. The number of alkyl halides is 1. The molecule has 0 radical (unpaired) electrons. The maximum Gasteiger partial charge on any atom is 0.114 e. The van der Waals surface area contributed by atoms with Crippen molar-refractivity contribution in [2.75, 3.05) is 13.1 Å². The average Bonchev–Trinajstić information content (AvgIpc) is 1.60. The van der Waals surface area contributed by atoms with E-state index in [4.69, 9.17) is 5.73 Å². The van der Waals surface area contributed by atoms with Gasteiger partial charge in [0.05, 0.1) is 0 Å². The van der Waals surface area contributed by atoms with Gasteiger partial charge in [0.2, 0.25) is 0 Å². The third kappa shape index (κ3) is 1.91. The van der Waals surface area contributed by atoms with E-state index in [1.54, 1.807) is 0 Å². The van der Waals surface area contributed by atoms with E-state index >= 15 is 0 Å². The van der Waals surface area contributed by atoms with Crippen LogP contribution in [-0.4, -0.2) is 24.8 Å². The second-order valence-electron chi connectivity index (χ2n) is 3.09. The van der Waals surface area contributed by atoms with Crippen LogP contribution in [0, 0.1) is 0 Å². The van der Waals surface area contributed by atoms with Gasteiger partial charge in [0.1, 0.15) is 6.17 Å². The Morgan fingerprint density at radius 2 is 2.44 bits per heavy atom. The van der Waals surface area contributed by atoms with Crippen LogP contribution in [0.3, 0.4) is 0 Å². The molecule has 54 valence electrons. The summed E-state index contributed by atoms with van der Waals surface area (Å²) < 4.78 is 12.5. The zero-order valence-electron chi connectivity index (χ0n) is 5.65. The molecule has 0 saturated carbocycles. The molecule has 0 aliphatic carbocycles. The molecule has 1 unspecified atom stereocenters. The number of nitrogens with one attached hydrogen (secondary N) is 1. The van der Waals surface area contributed by atoms with Crippen LogP contribution in [0.4, 0.5) is 4.39 Å². The molecular formula is C6H13FN2. The zero-order valence-corrected chi connectivity index (χ0v) is 5.65. The third-order valence-corrected chi connectivity index (χ3v) is 1.58. The lowest BCUT2D eigenvalue weighted by atomic mass is 9.93. The van der Waals surface area contributed by atoms with Crippen molar-refractivity contribution in [3.63, 3.8) is 0 Å². The number of halogens is 1. The van der Waals surface area contributed by atoms with Crippen LogP contribution in [0.25, 0.3) is 0 Å². The van der Waals surface area contributed by atoms with E-state index in [9.17, 15) is 4.39 Å². The fraction of sp³-hybridized carbons (Fsp3) is 1.00. The van der Waals surface area contributed by atoms with Crippen LogP contribution >= 0.6 is 0 Å². The van der Waals surface area contributed by atoms with Gasteiger partial charge in [-0.25, -0.2) is 4.39 Å². The summed E-state index contributed by atoms with van der Waals surface area (Å²) in [6.45, 7) is 3.06. The monoisotopic (exact) mass is 132 g/mol. The Bertz CT molecular complexity index is 103. The highest BCUT2D eigenvalue weighted by molar-refractivity contribution is 4.89. The van der Waals surface area contributed by atoms with E-state index in [0.717, 1.165) is 6.54 Å². The molecule has 1 aliphatic heterocycles. The van der Waals surface area contributed by atoms with E-state index in [1.165, 1.54) is 0 Å². The first-order valence-corrected chi connectivity index (χ1v) is 3.24. The van der Waals surface area contributed by atoms with Gasteiger partial charge in [-0.3, -0.25) is 0 Å². The predicted molar refractivity (Wildman–Crippen MR) is 35.0 cm³/mol. The molecule has 0 aromatic rings. The number of hydrogen-bond donors (Lipinski definition) is 2. The minimum Gasteiger partial charge on any atom is -0.324 e. The number of piperidine rings is 1. The van der Waals surface area contributed by atoms with Gasteiger partial charge in [-0.2, -0.15) is 0 Å². The van der Waals surface area contributed by atoms with E-state index < -0.39 is 6.17 Å². The Kier molecular flexibility index (Phi) is 1.73. The van der Waals surface area contributed by atoms with E-state index in [-0.39, 0.29) is 5.54 Å². The van der Waals surface area contributed by atoms with Crippen molar-refractivity contribution in [3.8, 4) is 0 Å². The second-order valence-corrected chi connectivity index (χ2v) is 3.09. The summed E-state index contributed by atoms with van der Waals surface area (Å²) in [7, 11) is 0. The summed E-state index contributed by atoms with van der Waals surface area (Å²) >= 11 is 0. The molecular weight excluding hydrogens is 119 g/mol. The van der Waals surface area contributed by atoms with E-state index in [2.05, 4.69) is 5.32 Å². The lowest BCUT2D eigenvalue weighted by Crippen LogP contribution is -2.54. The van der Waals surface area contributed by atoms with Crippen molar-refractivity contribution in [3.05, 3.63) is 0 Å². The molecule has 0 aromatic carbocycles. The standard InChI is InChI=1S/C6H13FN2/c1-6(8)2-5(7)3-9-4-6/h5,9H,2-4,8H2,1H3/t5-,6?/m0/s1. The molecule has 1 saturated heterocycles. The van der Waals surface area contributed by atoms with E-state index in [0.29, 0.717) is 13.0 Å². The molecule has 1 fully saturated rings. The quantitative estimate of drug-likeness (QED) is 0.488. The van der Waals surface area contributed by atoms with E-state index in [1.807, 2.05) is 6.92 Å². The van der Waals surface area contributed by atoms with Crippen LogP contribution in [0.15, 0.2) is 0 Å². The Morgan fingerprint density at radius 3 is 2.78 bits per heavy atom. The summed E-state index contributed by atoms with van der Waals surface area (Å²) in [6.07, 6.45) is -0.270. The van der Waals surface area contributed by atoms with Crippen molar-refractivity contribution in [2.24, 2.45) is 5.73 Å². The fourth-order valence-corrected chi connectivity index (χ4v) is 1.16. The van der Waals surface area contributed by atoms with Crippen molar-refractivity contribution in [2.45, 2.75) is 25.1 Å². The normalized spacial score (nSPS) is 45.0. The lowest BCUT2D eigenvalue weighted by molar-refractivity contribution is 0.200. The number of nitrogens with two attached hydrogens (primary N) is 1. The maximum absolute atomic E-state index is 12.5. The number of rotatable bonds is 0. The Labute approximate surface area is 54.6 Å². The first-order chi connectivity index (χ1) is 4.10. The summed E-state index contributed by atoms with van der Waals surface area (Å²) in [5, 5.41) is 2.92. The van der Waals surface area contributed by atoms with Crippen LogP contribution in [-0.2, 0) is 0 Å².